The summed E-state index contributed by atoms with van der Waals surface area (Å²) < 4.78 is 68.7. The Labute approximate surface area is 182 Å². The van der Waals surface area contributed by atoms with Crippen molar-refractivity contribution >= 4 is 22.9 Å². The Balaban J connectivity index is 1.77. The van der Waals surface area contributed by atoms with Crippen LogP contribution in [0.15, 0.2) is 41.8 Å². The minimum Gasteiger partial charge on any atom is -0.248 e. The van der Waals surface area contributed by atoms with Gasteiger partial charge in [0, 0.05) is 28.4 Å². The first-order chi connectivity index (χ1) is 14.6. The largest absolute Gasteiger partial charge is 0.416 e. The number of alkyl halides is 3. The number of thiophene rings is 1. The number of aryl methyl sites for hydroxylation is 1. The molecule has 0 fully saturated rings. The second-order valence-electron chi connectivity index (χ2n) is 6.78. The van der Waals surface area contributed by atoms with Gasteiger partial charge in [0.25, 0.3) is 0 Å². The smallest absolute Gasteiger partial charge is 0.248 e. The number of benzene rings is 2. The number of aromatic nitrogens is 3. The average molecular weight is 470 g/mol. The summed E-state index contributed by atoms with van der Waals surface area (Å²) in [5.41, 5.74) is 0.287. The van der Waals surface area contributed by atoms with Crippen LogP contribution in [0.1, 0.15) is 11.1 Å². The molecule has 2 aromatic heterocycles. The molecule has 0 aliphatic heterocycles. The average Bonchev–Trinajstić information content (AvgIpc) is 3.23. The van der Waals surface area contributed by atoms with Crippen LogP contribution in [-0.4, -0.2) is 14.8 Å². The zero-order valence-corrected chi connectivity index (χ0v) is 17.6. The van der Waals surface area contributed by atoms with Gasteiger partial charge in [-0.1, -0.05) is 23.7 Å². The van der Waals surface area contributed by atoms with E-state index in [-0.39, 0.29) is 22.0 Å². The predicted molar refractivity (Wildman–Crippen MR) is 110 cm³/mol. The maximum Gasteiger partial charge on any atom is 0.416 e. The van der Waals surface area contributed by atoms with E-state index in [2.05, 4.69) is 10.1 Å². The highest BCUT2D eigenvalue weighted by Gasteiger charge is 2.31. The molecular formula is C21H13ClF5N3S. The molecule has 0 amide bonds. The number of hydrogen-bond donors (Lipinski definition) is 0. The van der Waals surface area contributed by atoms with Crippen molar-refractivity contribution in [2.45, 2.75) is 13.1 Å². The molecule has 31 heavy (non-hydrogen) atoms. The summed E-state index contributed by atoms with van der Waals surface area (Å²) in [7, 11) is 1.62. The third-order valence-electron chi connectivity index (χ3n) is 4.77. The van der Waals surface area contributed by atoms with Crippen LogP contribution in [0.5, 0.6) is 0 Å². The highest BCUT2D eigenvalue weighted by Crippen LogP contribution is 2.40. The monoisotopic (exact) mass is 469 g/mol. The SMILES string of the molecule is Cc1c(-c2nc(-c3c(F)cccc3Cl)nn2C)csc1-c1ccc(C(F)(F)F)cc1F. The zero-order chi connectivity index (χ0) is 22.5. The van der Waals surface area contributed by atoms with Crippen molar-refractivity contribution < 1.29 is 22.0 Å². The minimum absolute atomic E-state index is 0.0568. The topological polar surface area (TPSA) is 30.7 Å². The fourth-order valence-electron chi connectivity index (χ4n) is 3.21. The molecule has 0 saturated heterocycles. The van der Waals surface area contributed by atoms with Gasteiger partial charge >= 0.3 is 6.18 Å². The summed E-state index contributed by atoms with van der Waals surface area (Å²) in [6.45, 7) is 1.71. The maximum absolute atomic E-state index is 14.5. The van der Waals surface area contributed by atoms with Crippen LogP contribution in [0.25, 0.3) is 33.2 Å². The Bertz CT molecular complexity index is 1270. The van der Waals surface area contributed by atoms with Crippen molar-refractivity contribution in [1.29, 1.82) is 0 Å². The normalized spacial score (nSPS) is 11.9. The lowest BCUT2D eigenvalue weighted by molar-refractivity contribution is -0.137. The lowest BCUT2D eigenvalue weighted by Gasteiger charge is -2.09. The first-order valence-electron chi connectivity index (χ1n) is 8.89. The van der Waals surface area contributed by atoms with Gasteiger partial charge in [-0.25, -0.2) is 18.4 Å². The van der Waals surface area contributed by atoms with E-state index in [0.717, 1.165) is 12.1 Å². The molecule has 4 rings (SSSR count). The highest BCUT2D eigenvalue weighted by atomic mass is 35.5. The van der Waals surface area contributed by atoms with Crippen LogP contribution >= 0.6 is 22.9 Å². The second kappa shape index (κ2) is 7.72. The van der Waals surface area contributed by atoms with E-state index in [1.54, 1.807) is 19.4 Å². The van der Waals surface area contributed by atoms with Crippen LogP contribution in [0.3, 0.4) is 0 Å². The van der Waals surface area contributed by atoms with Crippen LogP contribution in [0.2, 0.25) is 5.02 Å². The van der Waals surface area contributed by atoms with E-state index in [9.17, 15) is 22.0 Å². The Kier molecular flexibility index (Phi) is 5.35. The summed E-state index contributed by atoms with van der Waals surface area (Å²) >= 11 is 7.27. The molecule has 0 N–H and O–H groups in total. The summed E-state index contributed by atoms with van der Waals surface area (Å²) in [6, 6.07) is 6.68. The quantitative estimate of drug-likeness (QED) is 0.299. The van der Waals surface area contributed by atoms with Crippen molar-refractivity contribution in [3.8, 4) is 33.2 Å². The van der Waals surface area contributed by atoms with Gasteiger partial charge in [-0.2, -0.15) is 18.3 Å². The van der Waals surface area contributed by atoms with E-state index in [1.807, 2.05) is 0 Å². The second-order valence-corrected chi connectivity index (χ2v) is 8.06. The third kappa shape index (κ3) is 3.83. The lowest BCUT2D eigenvalue weighted by Crippen LogP contribution is -2.05. The van der Waals surface area contributed by atoms with Gasteiger partial charge in [0.1, 0.15) is 11.6 Å². The van der Waals surface area contributed by atoms with Crippen molar-refractivity contribution in [3.05, 3.63) is 69.6 Å². The molecular weight excluding hydrogens is 457 g/mol. The van der Waals surface area contributed by atoms with Crippen molar-refractivity contribution in [2.24, 2.45) is 7.05 Å². The fraction of sp³-hybridized carbons (Fsp3) is 0.143. The van der Waals surface area contributed by atoms with Gasteiger partial charge in [-0.3, -0.25) is 0 Å². The molecule has 10 heteroatoms. The van der Waals surface area contributed by atoms with Crippen LogP contribution in [0.4, 0.5) is 22.0 Å². The molecule has 0 atom stereocenters. The Morgan fingerprint density at radius 1 is 1.03 bits per heavy atom. The third-order valence-corrected chi connectivity index (χ3v) is 6.20. The van der Waals surface area contributed by atoms with Gasteiger partial charge < -0.3 is 0 Å². The summed E-state index contributed by atoms with van der Waals surface area (Å²) in [6.07, 6.45) is -4.63. The number of rotatable bonds is 3. The Hall–Kier alpha value is -2.78. The minimum atomic E-state index is -4.63. The molecule has 4 aromatic rings. The van der Waals surface area contributed by atoms with Gasteiger partial charge in [0.2, 0.25) is 0 Å². The van der Waals surface area contributed by atoms with Crippen molar-refractivity contribution in [1.82, 2.24) is 14.8 Å². The summed E-state index contributed by atoms with van der Waals surface area (Å²) in [5, 5.41) is 6.11. The molecule has 0 spiro atoms. The van der Waals surface area contributed by atoms with Gasteiger partial charge in [-0.05, 0) is 36.8 Å². The van der Waals surface area contributed by atoms with Gasteiger partial charge in [0.05, 0.1) is 16.1 Å². The van der Waals surface area contributed by atoms with E-state index in [0.29, 0.717) is 27.9 Å². The molecule has 160 valence electrons. The standard InChI is InChI=1S/C21H13ClF5N3S/c1-10-13(9-31-18(10)12-7-6-11(8-16(12)24)21(25,26)27)20-28-19(29-30(20)2)17-14(22)4-3-5-15(17)23/h3-9H,1-2H3. The molecule has 2 aromatic carbocycles. The van der Waals surface area contributed by atoms with Crippen LogP contribution < -0.4 is 0 Å². The van der Waals surface area contributed by atoms with Crippen LogP contribution in [0, 0.1) is 18.6 Å². The molecule has 0 unspecified atom stereocenters. The molecule has 0 radical (unpaired) electrons. The van der Waals surface area contributed by atoms with Crippen molar-refractivity contribution in [2.75, 3.05) is 0 Å². The molecule has 0 saturated carbocycles. The molecule has 0 aliphatic carbocycles. The Morgan fingerprint density at radius 2 is 1.77 bits per heavy atom. The highest BCUT2D eigenvalue weighted by molar-refractivity contribution is 7.14. The molecule has 0 aliphatic rings. The number of nitrogens with zero attached hydrogens (tertiary/aromatic N) is 3. The van der Waals surface area contributed by atoms with Crippen LogP contribution in [-0.2, 0) is 13.2 Å². The maximum atomic E-state index is 14.5. The van der Waals surface area contributed by atoms with E-state index >= 15 is 0 Å². The van der Waals surface area contributed by atoms with E-state index in [1.165, 1.54) is 34.2 Å². The van der Waals surface area contributed by atoms with E-state index < -0.39 is 23.4 Å². The number of hydrogen-bond acceptors (Lipinski definition) is 3. The molecule has 3 nitrogen and oxygen atoms in total. The van der Waals surface area contributed by atoms with Gasteiger partial charge in [-0.15, -0.1) is 11.3 Å². The van der Waals surface area contributed by atoms with Crippen molar-refractivity contribution in [3.63, 3.8) is 0 Å². The Morgan fingerprint density at radius 3 is 2.42 bits per heavy atom. The number of halogens is 6. The predicted octanol–water partition coefficient (Wildman–Crippen LogP) is 7.14. The summed E-state index contributed by atoms with van der Waals surface area (Å²) in [4.78, 5) is 4.87. The zero-order valence-electron chi connectivity index (χ0n) is 16.1. The molecule has 0 bridgehead atoms. The lowest BCUT2D eigenvalue weighted by atomic mass is 10.0. The first-order valence-corrected chi connectivity index (χ1v) is 10.1. The van der Waals surface area contributed by atoms with E-state index in [4.69, 9.17) is 11.6 Å². The first kappa shape index (κ1) is 21.5. The fourth-order valence-corrected chi connectivity index (χ4v) is 4.56. The van der Waals surface area contributed by atoms with Gasteiger partial charge in [0.15, 0.2) is 11.6 Å². The molecule has 2 heterocycles. The summed E-state index contributed by atoms with van der Waals surface area (Å²) in [5.74, 6) is -1.06.